The van der Waals surface area contributed by atoms with Gasteiger partial charge in [-0.2, -0.15) is 5.10 Å². The van der Waals surface area contributed by atoms with Gasteiger partial charge in [-0.05, 0) is 18.2 Å². The minimum absolute atomic E-state index is 0.0759. The lowest BCUT2D eigenvalue weighted by atomic mass is 10.1. The van der Waals surface area contributed by atoms with Gasteiger partial charge in [0, 0.05) is 26.3 Å². The summed E-state index contributed by atoms with van der Waals surface area (Å²) < 4.78 is 8.89. The maximum absolute atomic E-state index is 13.7. The SMILES string of the molecule is CO[C@H]1C[C@@H](c2nn3ccc(Cl)c3c(=O)n2-c2ccccc2)N(c2ncnc3nc[nH]c23)C1. The molecular formula is C22H19ClN8O2. The summed E-state index contributed by atoms with van der Waals surface area (Å²) in [5.74, 6) is 1.25. The number of ether oxygens (including phenoxy) is 1. The van der Waals surface area contributed by atoms with Crippen LogP contribution in [0.5, 0.6) is 0 Å². The minimum atomic E-state index is -0.296. The normalized spacial score (nSPS) is 18.5. The van der Waals surface area contributed by atoms with Crippen LogP contribution in [-0.2, 0) is 4.74 Å². The van der Waals surface area contributed by atoms with Crippen molar-refractivity contribution in [3.63, 3.8) is 0 Å². The van der Waals surface area contributed by atoms with Crippen molar-refractivity contribution in [1.82, 2.24) is 34.1 Å². The summed E-state index contributed by atoms with van der Waals surface area (Å²) in [6.07, 6.45) is 5.32. The maximum atomic E-state index is 13.7. The molecule has 1 aromatic carbocycles. The first-order valence-corrected chi connectivity index (χ1v) is 10.8. The maximum Gasteiger partial charge on any atom is 0.284 e. The molecule has 33 heavy (non-hydrogen) atoms. The number of benzene rings is 1. The molecule has 11 heteroatoms. The summed E-state index contributed by atoms with van der Waals surface area (Å²) in [6.45, 7) is 0.571. The van der Waals surface area contributed by atoms with Crippen LogP contribution in [0.1, 0.15) is 18.3 Å². The summed E-state index contributed by atoms with van der Waals surface area (Å²) in [6, 6.07) is 10.8. The fourth-order valence-electron chi connectivity index (χ4n) is 4.51. The number of H-pyrrole nitrogens is 1. The quantitative estimate of drug-likeness (QED) is 0.437. The number of anilines is 1. The average Bonchev–Trinajstić information content (AvgIpc) is 3.57. The third-order valence-corrected chi connectivity index (χ3v) is 6.35. The van der Waals surface area contributed by atoms with E-state index in [-0.39, 0.29) is 17.7 Å². The number of aromatic nitrogens is 7. The minimum Gasteiger partial charge on any atom is -0.380 e. The van der Waals surface area contributed by atoms with Gasteiger partial charge in [0.25, 0.3) is 5.56 Å². The second-order valence-electron chi connectivity index (χ2n) is 7.85. The van der Waals surface area contributed by atoms with Crippen molar-refractivity contribution in [1.29, 1.82) is 0 Å². The van der Waals surface area contributed by atoms with Crippen molar-refractivity contribution in [3.05, 3.63) is 76.5 Å². The predicted octanol–water partition coefficient (Wildman–Crippen LogP) is 2.77. The van der Waals surface area contributed by atoms with E-state index in [0.29, 0.717) is 46.5 Å². The molecule has 5 aromatic rings. The number of fused-ring (bicyclic) bond motifs is 2. The second kappa shape index (κ2) is 7.68. The molecule has 0 saturated carbocycles. The lowest BCUT2D eigenvalue weighted by molar-refractivity contribution is 0.118. The first-order chi connectivity index (χ1) is 16.2. The number of halogens is 1. The molecule has 166 valence electrons. The van der Waals surface area contributed by atoms with Gasteiger partial charge in [-0.3, -0.25) is 9.36 Å². The Bertz CT molecular complexity index is 1530. The van der Waals surface area contributed by atoms with Crippen LogP contribution >= 0.6 is 11.6 Å². The number of nitrogens with one attached hydrogen (secondary N) is 1. The van der Waals surface area contributed by atoms with Gasteiger partial charge in [0.05, 0.1) is 29.2 Å². The molecule has 0 unspecified atom stereocenters. The van der Waals surface area contributed by atoms with Crippen molar-refractivity contribution < 1.29 is 4.74 Å². The highest BCUT2D eigenvalue weighted by atomic mass is 35.5. The number of para-hydroxylation sites is 1. The van der Waals surface area contributed by atoms with E-state index in [1.165, 1.54) is 6.33 Å². The third-order valence-electron chi connectivity index (χ3n) is 6.05. The molecule has 10 nitrogen and oxygen atoms in total. The van der Waals surface area contributed by atoms with Crippen molar-refractivity contribution in [2.75, 3.05) is 18.6 Å². The molecule has 1 N–H and O–H groups in total. The van der Waals surface area contributed by atoms with Gasteiger partial charge >= 0.3 is 0 Å². The molecule has 5 heterocycles. The van der Waals surface area contributed by atoms with Crippen LogP contribution in [0.3, 0.4) is 0 Å². The zero-order valence-electron chi connectivity index (χ0n) is 17.6. The summed E-state index contributed by atoms with van der Waals surface area (Å²) >= 11 is 6.34. The molecule has 1 fully saturated rings. The predicted molar refractivity (Wildman–Crippen MR) is 123 cm³/mol. The van der Waals surface area contributed by atoms with Crippen LogP contribution in [0.4, 0.5) is 5.82 Å². The fourth-order valence-corrected chi connectivity index (χ4v) is 4.73. The van der Waals surface area contributed by atoms with Crippen LogP contribution in [0, 0.1) is 0 Å². The molecule has 1 aliphatic rings. The van der Waals surface area contributed by atoms with E-state index in [9.17, 15) is 4.79 Å². The molecule has 0 radical (unpaired) electrons. The first-order valence-electron chi connectivity index (χ1n) is 10.4. The lowest BCUT2D eigenvalue weighted by Gasteiger charge is -2.27. The van der Waals surface area contributed by atoms with Crippen molar-refractivity contribution >= 4 is 34.1 Å². The Morgan fingerprint density at radius 3 is 2.82 bits per heavy atom. The molecule has 4 aromatic heterocycles. The Balaban J connectivity index is 1.61. The molecule has 0 aliphatic carbocycles. The van der Waals surface area contributed by atoms with Gasteiger partial charge in [0.1, 0.15) is 17.4 Å². The molecule has 2 atom stereocenters. The number of nitrogens with zero attached hydrogens (tertiary/aromatic N) is 7. The Hall–Kier alpha value is -3.76. The topological polar surface area (TPSA) is 106 Å². The van der Waals surface area contributed by atoms with E-state index in [1.54, 1.807) is 34.8 Å². The van der Waals surface area contributed by atoms with Gasteiger partial charge < -0.3 is 14.6 Å². The average molecular weight is 463 g/mol. The molecule has 0 amide bonds. The van der Waals surface area contributed by atoms with E-state index < -0.39 is 0 Å². The van der Waals surface area contributed by atoms with Crippen LogP contribution in [-0.4, -0.2) is 53.9 Å². The third kappa shape index (κ3) is 3.10. The van der Waals surface area contributed by atoms with E-state index in [1.807, 2.05) is 30.3 Å². The van der Waals surface area contributed by atoms with Gasteiger partial charge in [0.2, 0.25) is 0 Å². The molecule has 1 aliphatic heterocycles. The van der Waals surface area contributed by atoms with Gasteiger partial charge in [-0.15, -0.1) is 0 Å². The summed E-state index contributed by atoms with van der Waals surface area (Å²) in [5, 5.41) is 5.21. The summed E-state index contributed by atoms with van der Waals surface area (Å²) in [4.78, 5) is 31.9. The Labute approximate surface area is 192 Å². The van der Waals surface area contributed by atoms with Crippen LogP contribution in [0.25, 0.3) is 22.4 Å². The van der Waals surface area contributed by atoms with Gasteiger partial charge in [-0.1, -0.05) is 29.8 Å². The molecular weight excluding hydrogens is 444 g/mol. The van der Waals surface area contributed by atoms with Gasteiger partial charge in [0.15, 0.2) is 17.3 Å². The Morgan fingerprint density at radius 1 is 1.15 bits per heavy atom. The van der Waals surface area contributed by atoms with Crippen LogP contribution < -0.4 is 10.5 Å². The summed E-state index contributed by atoms with van der Waals surface area (Å²) in [5.41, 5.74) is 2.09. The number of hydrogen-bond donors (Lipinski definition) is 1. The number of methoxy groups -OCH3 is 1. The van der Waals surface area contributed by atoms with E-state index in [2.05, 4.69) is 24.8 Å². The number of hydrogen-bond acceptors (Lipinski definition) is 7. The number of imidazole rings is 1. The van der Waals surface area contributed by atoms with Crippen molar-refractivity contribution in [2.24, 2.45) is 0 Å². The van der Waals surface area contributed by atoms with Gasteiger partial charge in [-0.25, -0.2) is 19.5 Å². The first kappa shape index (κ1) is 19.9. The smallest absolute Gasteiger partial charge is 0.284 e. The number of aromatic amines is 1. The highest BCUT2D eigenvalue weighted by Crippen LogP contribution is 2.38. The fraction of sp³-hybridized carbons (Fsp3) is 0.227. The van der Waals surface area contributed by atoms with Crippen molar-refractivity contribution in [3.8, 4) is 5.69 Å². The highest BCUT2D eigenvalue weighted by Gasteiger charge is 2.39. The monoisotopic (exact) mass is 462 g/mol. The van der Waals surface area contributed by atoms with E-state index in [0.717, 1.165) is 5.52 Å². The summed E-state index contributed by atoms with van der Waals surface area (Å²) in [7, 11) is 1.68. The van der Waals surface area contributed by atoms with Crippen LogP contribution in [0.15, 0.2) is 60.0 Å². The molecule has 0 bridgehead atoms. The van der Waals surface area contributed by atoms with E-state index >= 15 is 0 Å². The second-order valence-corrected chi connectivity index (χ2v) is 8.26. The molecule has 0 spiro atoms. The highest BCUT2D eigenvalue weighted by molar-refractivity contribution is 6.33. The zero-order chi connectivity index (χ0) is 22.5. The Morgan fingerprint density at radius 2 is 2.00 bits per heavy atom. The van der Waals surface area contributed by atoms with Crippen LogP contribution in [0.2, 0.25) is 5.02 Å². The van der Waals surface area contributed by atoms with E-state index in [4.69, 9.17) is 21.4 Å². The lowest BCUT2D eigenvalue weighted by Crippen LogP contribution is -2.33. The standard InChI is InChI=1S/C22H19ClN8O2/c1-33-14-9-16(29(10-14)21-17-19(25-11-24-17)26-12-27-21)20-28-30-8-7-15(23)18(30)22(32)31(20)13-5-3-2-4-6-13/h2-8,11-12,14,16H,9-10H2,1H3,(H,24,25,26,27)/t14-,16-/m0/s1. The largest absolute Gasteiger partial charge is 0.380 e. The molecule has 6 rings (SSSR count). The Kier molecular flexibility index (Phi) is 4.63. The zero-order valence-corrected chi connectivity index (χ0v) is 18.3. The number of rotatable bonds is 4. The molecule has 1 saturated heterocycles. The van der Waals surface area contributed by atoms with Crippen molar-refractivity contribution in [2.45, 2.75) is 18.6 Å².